The van der Waals surface area contributed by atoms with Gasteiger partial charge in [0, 0.05) is 25.6 Å². The molecule has 2 N–H and O–H groups in total. The van der Waals surface area contributed by atoms with Crippen LogP contribution < -0.4 is 14.8 Å². The highest BCUT2D eigenvalue weighted by molar-refractivity contribution is 7.89. The van der Waals surface area contributed by atoms with E-state index in [4.69, 9.17) is 14.6 Å². The fourth-order valence-electron chi connectivity index (χ4n) is 3.31. The van der Waals surface area contributed by atoms with Gasteiger partial charge in [-0.25, -0.2) is 8.42 Å². The number of amides is 1. The van der Waals surface area contributed by atoms with E-state index in [1.807, 2.05) is 0 Å². The molecule has 1 atom stereocenters. The summed E-state index contributed by atoms with van der Waals surface area (Å²) in [6.45, 7) is 0.659. The Morgan fingerprint density at radius 3 is 2.55 bits per heavy atom. The number of carboxylic acids is 1. The van der Waals surface area contributed by atoms with E-state index in [1.165, 1.54) is 36.7 Å². The van der Waals surface area contributed by atoms with Crippen LogP contribution in [0.5, 0.6) is 11.5 Å². The number of rotatable bonds is 11. The molecule has 0 aromatic heterocycles. The van der Waals surface area contributed by atoms with Crippen LogP contribution in [0.15, 0.2) is 23.1 Å². The normalized spacial score (nSPS) is 17.1. The van der Waals surface area contributed by atoms with Crippen LogP contribution in [-0.2, 0) is 19.6 Å². The lowest BCUT2D eigenvalue weighted by Crippen LogP contribution is -2.46. The minimum Gasteiger partial charge on any atom is -0.493 e. The summed E-state index contributed by atoms with van der Waals surface area (Å²) in [5.41, 5.74) is 0. The predicted molar refractivity (Wildman–Crippen MR) is 106 cm³/mol. The number of aliphatic carboxylic acids is 1. The van der Waals surface area contributed by atoms with Crippen molar-refractivity contribution in [1.29, 1.82) is 0 Å². The lowest BCUT2D eigenvalue weighted by molar-refractivity contribution is -0.137. The third-order valence-electron chi connectivity index (χ3n) is 4.83. The van der Waals surface area contributed by atoms with Crippen LogP contribution in [-0.4, -0.2) is 63.1 Å². The number of unbranched alkanes of at least 4 members (excludes halogenated alkanes) is 2. The smallest absolute Gasteiger partial charge is 0.303 e. The van der Waals surface area contributed by atoms with Gasteiger partial charge in [-0.15, -0.1) is 0 Å². The Hall–Kier alpha value is -2.33. The van der Waals surface area contributed by atoms with Gasteiger partial charge >= 0.3 is 5.97 Å². The number of carboxylic acid groups (broad SMARTS) is 1. The molecule has 0 radical (unpaired) electrons. The highest BCUT2D eigenvalue weighted by Crippen LogP contribution is 2.33. The lowest BCUT2D eigenvalue weighted by atomic mass is 10.2. The Morgan fingerprint density at radius 1 is 1.17 bits per heavy atom. The van der Waals surface area contributed by atoms with Crippen LogP contribution in [0.25, 0.3) is 0 Å². The third kappa shape index (κ3) is 5.83. The number of methoxy groups -OCH3 is 2. The maximum absolute atomic E-state index is 13.1. The first-order chi connectivity index (χ1) is 13.8. The molecule has 0 saturated carbocycles. The van der Waals surface area contributed by atoms with Gasteiger partial charge in [0.15, 0.2) is 11.5 Å². The van der Waals surface area contributed by atoms with Crippen LogP contribution in [0.4, 0.5) is 0 Å². The maximum atomic E-state index is 13.1. The van der Waals surface area contributed by atoms with Gasteiger partial charge in [-0.2, -0.15) is 4.31 Å². The molecule has 1 aromatic rings. The molecule has 1 aliphatic rings. The number of carbonyl (C=O) groups is 2. The number of sulfonamides is 1. The molecule has 9 nitrogen and oxygen atoms in total. The summed E-state index contributed by atoms with van der Waals surface area (Å²) in [5, 5.41) is 11.4. The molecule has 162 valence electrons. The Kier molecular flexibility index (Phi) is 8.27. The zero-order valence-electron chi connectivity index (χ0n) is 16.7. The largest absolute Gasteiger partial charge is 0.493 e. The van der Waals surface area contributed by atoms with Crippen molar-refractivity contribution in [1.82, 2.24) is 9.62 Å². The molecule has 29 heavy (non-hydrogen) atoms. The number of ether oxygens (including phenoxy) is 2. The third-order valence-corrected chi connectivity index (χ3v) is 6.74. The van der Waals surface area contributed by atoms with Crippen molar-refractivity contribution in [2.24, 2.45) is 0 Å². The molecule has 1 fully saturated rings. The molecule has 0 aliphatic carbocycles. The summed E-state index contributed by atoms with van der Waals surface area (Å²) in [7, 11) is -0.973. The molecular weight excluding hydrogens is 400 g/mol. The molecule has 1 amide bonds. The molecule has 1 aromatic carbocycles. The number of nitrogens with zero attached hydrogens (tertiary/aromatic N) is 1. The maximum Gasteiger partial charge on any atom is 0.303 e. The monoisotopic (exact) mass is 428 g/mol. The van der Waals surface area contributed by atoms with Gasteiger partial charge in [0.2, 0.25) is 15.9 Å². The van der Waals surface area contributed by atoms with Crippen LogP contribution in [0.2, 0.25) is 0 Å². The van der Waals surface area contributed by atoms with Gasteiger partial charge in [-0.05, 0) is 37.8 Å². The topological polar surface area (TPSA) is 122 Å². The van der Waals surface area contributed by atoms with E-state index >= 15 is 0 Å². The molecule has 10 heteroatoms. The second kappa shape index (κ2) is 10.4. The fourth-order valence-corrected chi connectivity index (χ4v) is 4.98. The Bertz CT molecular complexity index is 826. The van der Waals surface area contributed by atoms with E-state index < -0.39 is 22.0 Å². The lowest BCUT2D eigenvalue weighted by Gasteiger charge is -2.24. The number of nitrogens with one attached hydrogen (secondary N) is 1. The molecular formula is C19H28N2O7S. The minimum atomic E-state index is -3.87. The SMILES string of the molecule is COc1ccc(S(=O)(=O)N2CCCC2C(=O)NCCCCCC(=O)O)cc1OC. The van der Waals surface area contributed by atoms with Crippen molar-refractivity contribution < 1.29 is 32.6 Å². The highest BCUT2D eigenvalue weighted by Gasteiger charge is 2.39. The van der Waals surface area contributed by atoms with E-state index in [2.05, 4.69) is 5.32 Å². The predicted octanol–water partition coefficient (Wildman–Crippen LogP) is 1.62. The highest BCUT2D eigenvalue weighted by atomic mass is 32.2. The van der Waals surface area contributed by atoms with E-state index in [0.29, 0.717) is 50.1 Å². The van der Waals surface area contributed by atoms with Gasteiger partial charge in [0.25, 0.3) is 0 Å². The zero-order valence-corrected chi connectivity index (χ0v) is 17.5. The van der Waals surface area contributed by atoms with Crippen LogP contribution >= 0.6 is 0 Å². The quantitative estimate of drug-likeness (QED) is 0.514. The van der Waals surface area contributed by atoms with E-state index in [-0.39, 0.29) is 23.8 Å². The van der Waals surface area contributed by atoms with Gasteiger partial charge in [0.1, 0.15) is 6.04 Å². The minimum absolute atomic E-state index is 0.0449. The first-order valence-electron chi connectivity index (χ1n) is 9.54. The summed E-state index contributed by atoms with van der Waals surface area (Å²) in [6, 6.07) is 3.59. The second-order valence-corrected chi connectivity index (χ2v) is 8.68. The summed E-state index contributed by atoms with van der Waals surface area (Å²) < 4.78 is 37.7. The van der Waals surface area contributed by atoms with Gasteiger partial charge < -0.3 is 19.9 Å². The molecule has 1 saturated heterocycles. The summed E-state index contributed by atoms with van der Waals surface area (Å²) >= 11 is 0. The van der Waals surface area contributed by atoms with E-state index in [0.717, 1.165) is 0 Å². The summed E-state index contributed by atoms with van der Waals surface area (Å²) in [4.78, 5) is 23.1. The Morgan fingerprint density at radius 2 is 1.90 bits per heavy atom. The number of hydrogen-bond donors (Lipinski definition) is 2. The average Bonchev–Trinajstić information content (AvgIpc) is 3.20. The fraction of sp³-hybridized carbons (Fsp3) is 0.579. The number of hydrogen-bond acceptors (Lipinski definition) is 6. The van der Waals surface area contributed by atoms with Crippen molar-refractivity contribution in [3.05, 3.63) is 18.2 Å². The van der Waals surface area contributed by atoms with Gasteiger partial charge in [0.05, 0.1) is 19.1 Å². The van der Waals surface area contributed by atoms with E-state index in [9.17, 15) is 18.0 Å². The molecule has 1 unspecified atom stereocenters. The molecule has 1 aliphatic heterocycles. The van der Waals surface area contributed by atoms with Crippen LogP contribution in [0.3, 0.4) is 0 Å². The second-order valence-electron chi connectivity index (χ2n) is 6.79. The number of benzene rings is 1. The molecule has 2 rings (SSSR count). The Balaban J connectivity index is 2.01. The first kappa shape index (κ1) is 23.0. The summed E-state index contributed by atoms with van der Waals surface area (Å²) in [6.07, 6.45) is 3.04. The summed E-state index contributed by atoms with van der Waals surface area (Å²) in [5.74, 6) is -0.444. The van der Waals surface area contributed by atoms with Crippen molar-refractivity contribution >= 4 is 21.9 Å². The zero-order chi connectivity index (χ0) is 21.4. The van der Waals surface area contributed by atoms with E-state index in [1.54, 1.807) is 0 Å². The average molecular weight is 429 g/mol. The number of carbonyl (C=O) groups excluding carboxylic acids is 1. The first-order valence-corrected chi connectivity index (χ1v) is 11.0. The molecule has 0 bridgehead atoms. The van der Waals surface area contributed by atoms with Crippen molar-refractivity contribution in [2.45, 2.75) is 49.5 Å². The van der Waals surface area contributed by atoms with Crippen molar-refractivity contribution in [3.63, 3.8) is 0 Å². The standard InChI is InChI=1S/C19H28N2O7S/c1-27-16-10-9-14(13-17(16)28-2)29(25,26)21-12-6-7-15(21)19(24)20-11-5-3-4-8-18(22)23/h9-10,13,15H,3-8,11-12H2,1-2H3,(H,20,24)(H,22,23). The van der Waals surface area contributed by atoms with Crippen molar-refractivity contribution in [3.8, 4) is 11.5 Å². The Labute approximate surface area is 171 Å². The van der Waals surface area contributed by atoms with Gasteiger partial charge in [-0.1, -0.05) is 6.42 Å². The van der Waals surface area contributed by atoms with Crippen LogP contribution in [0.1, 0.15) is 38.5 Å². The van der Waals surface area contributed by atoms with Crippen LogP contribution in [0, 0.1) is 0 Å². The molecule has 1 heterocycles. The van der Waals surface area contributed by atoms with Crippen molar-refractivity contribution in [2.75, 3.05) is 27.3 Å². The van der Waals surface area contributed by atoms with Gasteiger partial charge in [-0.3, -0.25) is 9.59 Å². The molecule has 0 spiro atoms.